The number of azo groups is 1. The molecule has 0 radical (unpaired) electrons. The predicted octanol–water partition coefficient (Wildman–Crippen LogP) is 7.72. The smallest absolute Gasteiger partial charge is 0.223 e. The van der Waals surface area contributed by atoms with Crippen LogP contribution in [0.2, 0.25) is 0 Å². The van der Waals surface area contributed by atoms with Crippen LogP contribution in [0.1, 0.15) is 16.7 Å². The lowest BCUT2D eigenvalue weighted by Gasteiger charge is -2.30. The second-order valence-electron chi connectivity index (χ2n) is 7.28. The minimum atomic E-state index is -4.78. The van der Waals surface area contributed by atoms with Gasteiger partial charge >= 0.3 is 6.18 Å². The van der Waals surface area contributed by atoms with E-state index >= 15 is 0 Å². The summed E-state index contributed by atoms with van der Waals surface area (Å²) in [5.41, 5.74) is 0.910. The molecule has 0 saturated heterocycles. The molecule has 0 fully saturated rings. The van der Waals surface area contributed by atoms with E-state index in [0.29, 0.717) is 16.7 Å². The van der Waals surface area contributed by atoms with Gasteiger partial charge in [0.2, 0.25) is 0 Å². The van der Waals surface area contributed by atoms with Gasteiger partial charge in [0.25, 0.3) is 5.84 Å². The minimum absolute atomic E-state index is 0.147. The molecule has 0 spiro atoms. The number of hydrogen-bond donors (Lipinski definition) is 0. The number of aliphatic imine (C=N–C) groups is 1. The van der Waals surface area contributed by atoms with Gasteiger partial charge < -0.3 is 0 Å². The van der Waals surface area contributed by atoms with E-state index in [0.717, 1.165) is 0 Å². The minimum Gasteiger partial charge on any atom is -0.223 e. The van der Waals surface area contributed by atoms with Gasteiger partial charge in [0, 0.05) is 0 Å². The van der Waals surface area contributed by atoms with Gasteiger partial charge in [-0.05, 0) is 28.8 Å². The summed E-state index contributed by atoms with van der Waals surface area (Å²) in [6.07, 6.45) is -4.78. The third kappa shape index (κ3) is 4.90. The molecule has 0 aliphatic heterocycles. The molecule has 33 heavy (non-hydrogen) atoms. The highest BCUT2D eigenvalue weighted by Gasteiger charge is 2.40. The first-order valence-corrected chi connectivity index (χ1v) is 10.3. The quantitative estimate of drug-likeness (QED) is 0.131. The summed E-state index contributed by atoms with van der Waals surface area (Å²) in [7, 11) is 0. The van der Waals surface area contributed by atoms with E-state index in [4.69, 9.17) is 0 Å². The van der Waals surface area contributed by atoms with Gasteiger partial charge in [-0.15, -0.1) is 5.11 Å². The fourth-order valence-electron chi connectivity index (χ4n) is 3.60. The summed E-state index contributed by atoms with van der Waals surface area (Å²) in [6, 6.07) is 35.4. The van der Waals surface area contributed by atoms with Gasteiger partial charge in [-0.25, -0.2) is 4.99 Å². The molecule has 0 unspecified atom stereocenters. The van der Waals surface area contributed by atoms with Crippen LogP contribution < -0.4 is 0 Å². The van der Waals surface area contributed by atoms with Crippen molar-refractivity contribution in [2.24, 2.45) is 15.2 Å². The summed E-state index contributed by atoms with van der Waals surface area (Å²) in [6.45, 7) is 0. The Balaban J connectivity index is 1.97. The second kappa shape index (κ2) is 9.61. The van der Waals surface area contributed by atoms with Crippen molar-refractivity contribution >= 4 is 11.5 Å². The van der Waals surface area contributed by atoms with Crippen molar-refractivity contribution in [2.45, 2.75) is 11.7 Å². The van der Waals surface area contributed by atoms with Gasteiger partial charge in [0.1, 0.15) is 0 Å². The van der Waals surface area contributed by atoms with Gasteiger partial charge in [0.15, 0.2) is 5.54 Å². The van der Waals surface area contributed by atoms with E-state index in [1.165, 1.54) is 12.1 Å². The molecular weight excluding hydrogens is 423 g/mol. The molecule has 6 heteroatoms. The number of hydrogen-bond acceptors (Lipinski definition) is 2. The van der Waals surface area contributed by atoms with Crippen molar-refractivity contribution in [2.75, 3.05) is 0 Å². The van der Waals surface area contributed by atoms with Gasteiger partial charge in [-0.1, -0.05) is 109 Å². The molecule has 0 aliphatic carbocycles. The first-order chi connectivity index (χ1) is 16.0. The Morgan fingerprint density at radius 3 is 1.24 bits per heavy atom. The molecule has 0 aliphatic rings. The Morgan fingerprint density at radius 1 is 0.515 bits per heavy atom. The predicted molar refractivity (Wildman–Crippen MR) is 124 cm³/mol. The lowest BCUT2D eigenvalue weighted by molar-refractivity contribution is -0.0600. The second-order valence-corrected chi connectivity index (χ2v) is 7.28. The summed E-state index contributed by atoms with van der Waals surface area (Å²) < 4.78 is 41.7. The standard InChI is InChI=1S/C27H20F3N3/c28-27(29,30)25(31-24-19-11-4-12-20-24)32-33-26(21-13-5-1-6-14-21,22-15-7-2-8-16-22)23-17-9-3-10-18-23/h1-20H. The molecule has 0 N–H and O–H groups in total. The van der Waals surface area contributed by atoms with Gasteiger partial charge in [-0.3, -0.25) is 0 Å². The average molecular weight is 443 g/mol. The maximum absolute atomic E-state index is 13.9. The topological polar surface area (TPSA) is 37.1 Å². The Kier molecular flexibility index (Phi) is 6.45. The highest BCUT2D eigenvalue weighted by Crippen LogP contribution is 2.41. The fraction of sp³-hybridized carbons (Fsp3) is 0.0741. The van der Waals surface area contributed by atoms with Crippen LogP contribution in [0.15, 0.2) is 137 Å². The van der Waals surface area contributed by atoms with E-state index in [1.807, 2.05) is 91.0 Å². The third-order valence-electron chi connectivity index (χ3n) is 5.11. The molecule has 4 aromatic rings. The Hall–Kier alpha value is -4.06. The zero-order valence-corrected chi connectivity index (χ0v) is 17.5. The van der Waals surface area contributed by atoms with Crippen LogP contribution in [-0.4, -0.2) is 12.0 Å². The maximum Gasteiger partial charge on any atom is 0.453 e. The highest BCUT2D eigenvalue weighted by molar-refractivity contribution is 5.90. The van der Waals surface area contributed by atoms with E-state index < -0.39 is 17.6 Å². The molecule has 4 aromatic carbocycles. The van der Waals surface area contributed by atoms with Crippen LogP contribution in [0.25, 0.3) is 0 Å². The molecule has 3 nitrogen and oxygen atoms in total. The number of rotatable bonds is 5. The van der Waals surface area contributed by atoms with Crippen molar-refractivity contribution in [1.82, 2.24) is 0 Å². The molecule has 0 heterocycles. The third-order valence-corrected chi connectivity index (χ3v) is 5.11. The first-order valence-electron chi connectivity index (χ1n) is 10.3. The van der Waals surface area contributed by atoms with E-state index in [1.54, 1.807) is 18.2 Å². The monoisotopic (exact) mass is 443 g/mol. The normalized spacial score (nSPS) is 12.8. The van der Waals surface area contributed by atoms with Crippen molar-refractivity contribution < 1.29 is 13.2 Å². The van der Waals surface area contributed by atoms with Crippen LogP contribution in [0.4, 0.5) is 18.9 Å². The fourth-order valence-corrected chi connectivity index (χ4v) is 3.60. The van der Waals surface area contributed by atoms with E-state index in [2.05, 4.69) is 15.2 Å². The summed E-state index contributed by atoms with van der Waals surface area (Å²) in [5, 5.41) is 8.15. The molecular formula is C27H20F3N3. The molecule has 0 aromatic heterocycles. The van der Waals surface area contributed by atoms with Crippen LogP contribution in [0.3, 0.4) is 0 Å². The lowest BCUT2D eigenvalue weighted by atomic mass is 9.78. The highest BCUT2D eigenvalue weighted by atomic mass is 19.4. The van der Waals surface area contributed by atoms with Crippen molar-refractivity contribution in [3.8, 4) is 0 Å². The molecule has 0 bridgehead atoms. The number of nitrogens with zero attached hydrogens (tertiary/aromatic N) is 3. The number of para-hydroxylation sites is 1. The maximum atomic E-state index is 13.9. The van der Waals surface area contributed by atoms with Crippen molar-refractivity contribution in [3.63, 3.8) is 0 Å². The lowest BCUT2D eigenvalue weighted by Crippen LogP contribution is -2.28. The number of alkyl halides is 3. The number of halogens is 3. The molecule has 164 valence electrons. The average Bonchev–Trinajstić information content (AvgIpc) is 2.86. The number of amidine groups is 1. The van der Waals surface area contributed by atoms with Crippen molar-refractivity contribution in [1.29, 1.82) is 0 Å². The van der Waals surface area contributed by atoms with E-state index in [-0.39, 0.29) is 5.69 Å². The Morgan fingerprint density at radius 2 is 0.879 bits per heavy atom. The van der Waals surface area contributed by atoms with Crippen molar-refractivity contribution in [3.05, 3.63) is 138 Å². The Labute approximate surface area is 190 Å². The summed E-state index contributed by atoms with van der Waals surface area (Å²) >= 11 is 0. The molecule has 0 atom stereocenters. The molecule has 0 amide bonds. The van der Waals surface area contributed by atoms with Crippen LogP contribution in [0.5, 0.6) is 0 Å². The van der Waals surface area contributed by atoms with Crippen LogP contribution in [-0.2, 0) is 5.54 Å². The molecule has 4 rings (SSSR count). The number of benzene rings is 4. The Bertz CT molecular complexity index is 1120. The van der Waals surface area contributed by atoms with Crippen LogP contribution in [0, 0.1) is 0 Å². The zero-order valence-electron chi connectivity index (χ0n) is 17.5. The zero-order chi connectivity index (χ0) is 23.2. The molecule has 0 saturated carbocycles. The SMILES string of the molecule is FC(F)(F)C(N=NC(c1ccccc1)(c1ccccc1)c1ccccc1)=Nc1ccccc1. The summed E-state index contributed by atoms with van der Waals surface area (Å²) in [5.74, 6) is -1.32. The van der Waals surface area contributed by atoms with Gasteiger partial charge in [-0.2, -0.15) is 18.3 Å². The first kappa shape index (κ1) is 22.1. The largest absolute Gasteiger partial charge is 0.453 e. The summed E-state index contributed by atoms with van der Waals surface area (Å²) in [4.78, 5) is 3.75. The van der Waals surface area contributed by atoms with Gasteiger partial charge in [0.05, 0.1) is 5.69 Å². The van der Waals surface area contributed by atoms with E-state index in [9.17, 15) is 13.2 Å². The van der Waals surface area contributed by atoms with Crippen LogP contribution >= 0.6 is 0 Å².